The predicted molar refractivity (Wildman–Crippen MR) is 104 cm³/mol. The van der Waals surface area contributed by atoms with Gasteiger partial charge in [-0.05, 0) is 71.3 Å². The zero-order chi connectivity index (χ0) is 20.1. The average Bonchev–Trinajstić information content (AvgIpc) is 3.16. The van der Waals surface area contributed by atoms with E-state index in [1.54, 1.807) is 12.1 Å². The Kier molecular flexibility index (Phi) is 6.90. The topological polar surface area (TPSA) is 91.8 Å². The van der Waals surface area contributed by atoms with Crippen LogP contribution in [0.3, 0.4) is 0 Å². The van der Waals surface area contributed by atoms with Gasteiger partial charge >= 0.3 is 0 Å². The fourth-order valence-electron chi connectivity index (χ4n) is 3.43. The maximum Gasteiger partial charge on any atom is 0.156 e. The molecule has 0 spiro atoms. The second-order valence-corrected chi connectivity index (χ2v) is 7.74. The van der Waals surface area contributed by atoms with E-state index < -0.39 is 0 Å². The monoisotopic (exact) mass is 452 g/mol. The van der Waals surface area contributed by atoms with Crippen LogP contribution in [-0.2, 0) is 17.6 Å². The minimum Gasteiger partial charge on any atom is -0.411 e. The fraction of sp³-hybridized carbons (Fsp3) is 0.474. The van der Waals surface area contributed by atoms with E-state index in [1.165, 1.54) is 6.07 Å². The minimum atomic E-state index is -0.380. The maximum absolute atomic E-state index is 13.4. The van der Waals surface area contributed by atoms with E-state index in [1.807, 2.05) is 0 Å². The second-order valence-electron chi connectivity index (χ2n) is 6.88. The summed E-state index contributed by atoms with van der Waals surface area (Å²) in [6, 6.07) is 4.51. The highest BCUT2D eigenvalue weighted by atomic mass is 79.9. The Bertz CT molecular complexity index is 863. The van der Waals surface area contributed by atoms with Crippen molar-refractivity contribution in [2.45, 2.75) is 32.6 Å². The molecule has 0 amide bonds. The van der Waals surface area contributed by atoms with E-state index in [4.69, 9.17) is 4.63 Å². The number of likely N-dealkylation sites (tertiary alicyclic amines) is 1. The number of hydrogen-bond acceptors (Lipinski definition) is 7. The SMILES string of the molecule is CCN1CCC(C(=O)Cc2nonc2/C(Cc2ccc(F)c(Br)c2)=N/O)CC1. The van der Waals surface area contributed by atoms with Crippen LogP contribution in [-0.4, -0.2) is 51.5 Å². The highest BCUT2D eigenvalue weighted by molar-refractivity contribution is 9.10. The molecule has 7 nitrogen and oxygen atoms in total. The Morgan fingerprint density at radius 2 is 2.11 bits per heavy atom. The Hall–Kier alpha value is -2.13. The quantitative estimate of drug-likeness (QED) is 0.393. The summed E-state index contributed by atoms with van der Waals surface area (Å²) >= 11 is 3.14. The van der Waals surface area contributed by atoms with Crippen LogP contribution in [0.5, 0.6) is 0 Å². The molecule has 28 heavy (non-hydrogen) atoms. The summed E-state index contributed by atoms with van der Waals surface area (Å²) in [4.78, 5) is 15.0. The molecule has 2 heterocycles. The Morgan fingerprint density at radius 1 is 1.36 bits per heavy atom. The Balaban J connectivity index is 1.69. The first-order chi connectivity index (χ1) is 13.5. The number of hydrogen-bond donors (Lipinski definition) is 1. The van der Waals surface area contributed by atoms with E-state index in [0.717, 1.165) is 32.5 Å². The third-order valence-corrected chi connectivity index (χ3v) is 5.75. The van der Waals surface area contributed by atoms with Crippen molar-refractivity contribution in [3.63, 3.8) is 0 Å². The number of nitrogens with zero attached hydrogens (tertiary/aromatic N) is 4. The zero-order valence-electron chi connectivity index (χ0n) is 15.6. The lowest BCUT2D eigenvalue weighted by Gasteiger charge is -2.30. The number of aromatic nitrogens is 2. The molecule has 0 aliphatic carbocycles. The molecule has 0 atom stereocenters. The largest absolute Gasteiger partial charge is 0.411 e. The lowest BCUT2D eigenvalue weighted by molar-refractivity contribution is -0.123. The van der Waals surface area contributed by atoms with Crippen LogP contribution in [0.4, 0.5) is 4.39 Å². The predicted octanol–water partition coefficient (Wildman–Crippen LogP) is 3.24. The zero-order valence-corrected chi connectivity index (χ0v) is 17.2. The molecule has 1 N–H and O–H groups in total. The number of ketones is 1. The summed E-state index contributed by atoms with van der Waals surface area (Å²) in [5, 5.41) is 20.4. The molecule has 3 rings (SSSR count). The van der Waals surface area contributed by atoms with Gasteiger partial charge in [0.25, 0.3) is 0 Å². The minimum absolute atomic E-state index is 0.00470. The lowest BCUT2D eigenvalue weighted by atomic mass is 9.89. The summed E-state index contributed by atoms with van der Waals surface area (Å²) < 4.78 is 18.5. The van der Waals surface area contributed by atoms with E-state index in [2.05, 4.69) is 43.2 Å². The molecule has 0 saturated carbocycles. The van der Waals surface area contributed by atoms with Crippen LogP contribution in [0, 0.1) is 11.7 Å². The number of piperidine rings is 1. The van der Waals surface area contributed by atoms with Crippen LogP contribution in [0.15, 0.2) is 32.5 Å². The van der Waals surface area contributed by atoms with Gasteiger partial charge in [-0.2, -0.15) is 0 Å². The van der Waals surface area contributed by atoms with Crippen molar-refractivity contribution in [1.82, 2.24) is 15.2 Å². The molecule has 0 bridgehead atoms. The number of carbonyl (C=O) groups is 1. The van der Waals surface area contributed by atoms with Crippen LogP contribution in [0.2, 0.25) is 0 Å². The molecule has 0 radical (unpaired) electrons. The maximum atomic E-state index is 13.4. The van der Waals surface area contributed by atoms with Gasteiger partial charge in [0.1, 0.15) is 23.0 Å². The molecule has 1 aliphatic heterocycles. The smallest absolute Gasteiger partial charge is 0.156 e. The van der Waals surface area contributed by atoms with Crippen LogP contribution in [0.25, 0.3) is 0 Å². The van der Waals surface area contributed by atoms with Gasteiger partial charge in [-0.1, -0.05) is 23.3 Å². The van der Waals surface area contributed by atoms with Gasteiger partial charge in [-0.25, -0.2) is 9.02 Å². The van der Waals surface area contributed by atoms with Crippen molar-refractivity contribution in [3.8, 4) is 0 Å². The van der Waals surface area contributed by atoms with Crippen molar-refractivity contribution in [2.75, 3.05) is 19.6 Å². The van der Waals surface area contributed by atoms with Crippen molar-refractivity contribution in [3.05, 3.63) is 45.4 Å². The van der Waals surface area contributed by atoms with Gasteiger partial charge in [0.15, 0.2) is 5.69 Å². The first-order valence-electron chi connectivity index (χ1n) is 9.23. The summed E-state index contributed by atoms with van der Waals surface area (Å²) in [7, 11) is 0. The van der Waals surface area contributed by atoms with E-state index in [-0.39, 0.29) is 41.8 Å². The summed E-state index contributed by atoms with van der Waals surface area (Å²) in [6.07, 6.45) is 1.94. The molecule has 2 aromatic rings. The number of Topliss-reactive ketones (excluding diaryl/α,β-unsaturated/α-hetero) is 1. The van der Waals surface area contributed by atoms with Crippen LogP contribution < -0.4 is 0 Å². The molecule has 1 saturated heterocycles. The first kappa shape index (κ1) is 20.6. The molecule has 1 aromatic heterocycles. The third-order valence-electron chi connectivity index (χ3n) is 5.14. The number of oxime groups is 1. The van der Waals surface area contributed by atoms with Gasteiger partial charge in [-0.3, -0.25) is 4.79 Å². The Morgan fingerprint density at radius 3 is 2.75 bits per heavy atom. The summed E-state index contributed by atoms with van der Waals surface area (Å²) in [5.74, 6) is -0.292. The lowest BCUT2D eigenvalue weighted by Crippen LogP contribution is -2.36. The number of rotatable bonds is 7. The van der Waals surface area contributed by atoms with Crippen LogP contribution in [0.1, 0.15) is 36.7 Å². The van der Waals surface area contributed by atoms with Crippen molar-refractivity contribution in [2.24, 2.45) is 11.1 Å². The molecule has 1 fully saturated rings. The number of benzene rings is 1. The van der Waals surface area contributed by atoms with Crippen molar-refractivity contribution >= 4 is 27.4 Å². The summed E-state index contributed by atoms with van der Waals surface area (Å²) in [5.41, 5.74) is 1.54. The molecule has 1 aliphatic rings. The van der Waals surface area contributed by atoms with Gasteiger partial charge in [0.05, 0.1) is 10.9 Å². The van der Waals surface area contributed by atoms with Crippen molar-refractivity contribution in [1.29, 1.82) is 0 Å². The number of halogens is 2. The molecule has 150 valence electrons. The molecular formula is C19H22BrFN4O3. The van der Waals surface area contributed by atoms with Gasteiger partial charge in [0, 0.05) is 12.3 Å². The molecule has 1 aromatic carbocycles. The first-order valence-corrected chi connectivity index (χ1v) is 10.0. The molecule has 9 heteroatoms. The van der Waals surface area contributed by atoms with Gasteiger partial charge in [0.2, 0.25) is 0 Å². The van der Waals surface area contributed by atoms with E-state index in [9.17, 15) is 14.4 Å². The Labute approximate surface area is 170 Å². The van der Waals surface area contributed by atoms with Crippen molar-refractivity contribution < 1.29 is 19.0 Å². The standard InChI is InChI=1S/C19H22BrFN4O3/c1-2-25-7-5-13(6-8-25)18(26)11-17-19(24-28-23-17)16(22-27)10-12-3-4-15(21)14(20)9-12/h3-4,9,13,27H,2,5-8,10-11H2,1H3/b22-16+. The van der Waals surface area contributed by atoms with Gasteiger partial charge < -0.3 is 10.1 Å². The molecular weight excluding hydrogens is 431 g/mol. The molecule has 0 unspecified atom stereocenters. The average molecular weight is 453 g/mol. The van der Waals surface area contributed by atoms with E-state index in [0.29, 0.717) is 15.7 Å². The normalized spacial score (nSPS) is 16.5. The number of carbonyl (C=O) groups excluding carboxylic acids is 1. The highest BCUT2D eigenvalue weighted by Crippen LogP contribution is 2.22. The highest BCUT2D eigenvalue weighted by Gasteiger charge is 2.27. The third kappa shape index (κ3) is 4.82. The fourth-order valence-corrected chi connectivity index (χ4v) is 3.86. The van der Waals surface area contributed by atoms with Gasteiger partial charge in [-0.15, -0.1) is 0 Å². The van der Waals surface area contributed by atoms with Crippen LogP contribution >= 0.6 is 15.9 Å². The second kappa shape index (κ2) is 9.38. The summed E-state index contributed by atoms with van der Waals surface area (Å²) in [6.45, 7) is 4.94. The van der Waals surface area contributed by atoms with E-state index >= 15 is 0 Å².